The summed E-state index contributed by atoms with van der Waals surface area (Å²) < 4.78 is 5.00. The maximum atomic E-state index is 11.7. The standard InChI is InChI=1S/C15H18N2O2S/c1-4-19-15(18)12-6-5-7-13(8-12)16-10(2)14-9-20-11(3)17-14/h5-10,16H,4H2,1-3H3. The Morgan fingerprint density at radius 3 is 2.95 bits per heavy atom. The van der Waals surface area contributed by atoms with Gasteiger partial charge in [0, 0.05) is 11.1 Å². The van der Waals surface area contributed by atoms with Crippen LogP contribution in [0.2, 0.25) is 0 Å². The third-order valence-electron chi connectivity index (χ3n) is 2.84. The lowest BCUT2D eigenvalue weighted by Gasteiger charge is -2.13. The summed E-state index contributed by atoms with van der Waals surface area (Å²) in [5.74, 6) is -0.298. The van der Waals surface area contributed by atoms with Crippen molar-refractivity contribution in [2.45, 2.75) is 26.8 Å². The molecule has 0 spiro atoms. The molecular formula is C15H18N2O2S. The lowest BCUT2D eigenvalue weighted by Crippen LogP contribution is -2.09. The van der Waals surface area contributed by atoms with Crippen LogP contribution in [0.5, 0.6) is 0 Å². The van der Waals surface area contributed by atoms with Gasteiger partial charge in [-0.3, -0.25) is 0 Å². The van der Waals surface area contributed by atoms with E-state index in [9.17, 15) is 4.79 Å². The Balaban J connectivity index is 2.09. The molecule has 2 aromatic rings. The molecule has 0 aliphatic heterocycles. The van der Waals surface area contributed by atoms with Crippen molar-refractivity contribution in [3.05, 3.63) is 45.9 Å². The number of rotatable bonds is 5. The molecule has 0 fully saturated rings. The molecule has 5 heteroatoms. The summed E-state index contributed by atoms with van der Waals surface area (Å²) in [4.78, 5) is 16.2. The number of hydrogen-bond acceptors (Lipinski definition) is 5. The second kappa shape index (κ2) is 6.52. The molecule has 1 aromatic heterocycles. The van der Waals surface area contributed by atoms with Crippen molar-refractivity contribution < 1.29 is 9.53 Å². The third kappa shape index (κ3) is 3.57. The maximum Gasteiger partial charge on any atom is 0.338 e. The van der Waals surface area contributed by atoms with Gasteiger partial charge in [-0.15, -0.1) is 11.3 Å². The number of hydrogen-bond donors (Lipinski definition) is 1. The molecule has 106 valence electrons. The second-order valence-electron chi connectivity index (χ2n) is 4.46. The third-order valence-corrected chi connectivity index (χ3v) is 3.63. The Bertz CT molecular complexity index is 595. The van der Waals surface area contributed by atoms with Crippen LogP contribution in [0.25, 0.3) is 0 Å². The van der Waals surface area contributed by atoms with Gasteiger partial charge in [-0.05, 0) is 39.0 Å². The zero-order valence-corrected chi connectivity index (χ0v) is 12.7. The molecule has 0 saturated carbocycles. The number of aryl methyl sites for hydroxylation is 1. The molecule has 1 aromatic carbocycles. The number of nitrogens with one attached hydrogen (secondary N) is 1. The molecule has 0 saturated heterocycles. The van der Waals surface area contributed by atoms with Gasteiger partial charge in [-0.25, -0.2) is 9.78 Å². The highest BCUT2D eigenvalue weighted by atomic mass is 32.1. The highest BCUT2D eigenvalue weighted by Crippen LogP contribution is 2.21. The van der Waals surface area contributed by atoms with Crippen molar-refractivity contribution in [2.75, 3.05) is 11.9 Å². The molecule has 1 N–H and O–H groups in total. The zero-order valence-electron chi connectivity index (χ0n) is 11.8. The van der Waals surface area contributed by atoms with Crippen LogP contribution in [0.3, 0.4) is 0 Å². The molecule has 20 heavy (non-hydrogen) atoms. The number of esters is 1. The first-order chi connectivity index (χ1) is 9.60. The summed E-state index contributed by atoms with van der Waals surface area (Å²) in [5.41, 5.74) is 2.45. The van der Waals surface area contributed by atoms with Crippen molar-refractivity contribution in [3.8, 4) is 0 Å². The largest absolute Gasteiger partial charge is 0.462 e. The topological polar surface area (TPSA) is 51.2 Å². The quantitative estimate of drug-likeness (QED) is 0.851. The van der Waals surface area contributed by atoms with Crippen LogP contribution in [-0.4, -0.2) is 17.6 Å². The van der Waals surface area contributed by atoms with Gasteiger partial charge in [-0.2, -0.15) is 0 Å². The van der Waals surface area contributed by atoms with E-state index in [0.29, 0.717) is 12.2 Å². The second-order valence-corrected chi connectivity index (χ2v) is 5.52. The van der Waals surface area contributed by atoms with Crippen molar-refractivity contribution in [1.82, 2.24) is 4.98 Å². The number of thiazole rings is 1. The summed E-state index contributed by atoms with van der Waals surface area (Å²) in [7, 11) is 0. The number of ether oxygens (including phenoxy) is 1. The highest BCUT2D eigenvalue weighted by molar-refractivity contribution is 7.09. The van der Waals surface area contributed by atoms with E-state index in [4.69, 9.17) is 4.74 Å². The Morgan fingerprint density at radius 2 is 2.30 bits per heavy atom. The molecule has 0 bridgehead atoms. The Morgan fingerprint density at radius 1 is 1.50 bits per heavy atom. The SMILES string of the molecule is CCOC(=O)c1cccc(NC(C)c2csc(C)n2)c1. The molecule has 1 heterocycles. The highest BCUT2D eigenvalue weighted by Gasteiger charge is 2.11. The molecule has 4 nitrogen and oxygen atoms in total. The van der Waals surface area contributed by atoms with Crippen LogP contribution in [0.4, 0.5) is 5.69 Å². The molecular weight excluding hydrogens is 272 g/mol. The van der Waals surface area contributed by atoms with Gasteiger partial charge in [-0.1, -0.05) is 6.07 Å². The van der Waals surface area contributed by atoms with E-state index in [1.165, 1.54) is 0 Å². The fourth-order valence-corrected chi connectivity index (χ4v) is 2.56. The first kappa shape index (κ1) is 14.5. The number of anilines is 1. The first-order valence-electron chi connectivity index (χ1n) is 6.56. The van der Waals surface area contributed by atoms with Crippen LogP contribution in [-0.2, 0) is 4.74 Å². The van der Waals surface area contributed by atoms with E-state index < -0.39 is 0 Å². The monoisotopic (exact) mass is 290 g/mol. The lowest BCUT2D eigenvalue weighted by molar-refractivity contribution is 0.0526. The van der Waals surface area contributed by atoms with Gasteiger partial charge in [0.1, 0.15) is 0 Å². The van der Waals surface area contributed by atoms with Crippen LogP contribution in [0.15, 0.2) is 29.6 Å². The van der Waals surface area contributed by atoms with Crippen molar-refractivity contribution in [2.24, 2.45) is 0 Å². The van der Waals surface area contributed by atoms with Crippen LogP contribution in [0, 0.1) is 6.92 Å². The summed E-state index contributed by atoms with van der Waals surface area (Å²) in [6.07, 6.45) is 0. The Hall–Kier alpha value is -1.88. The Kier molecular flexibility index (Phi) is 4.74. The molecule has 2 rings (SSSR count). The zero-order chi connectivity index (χ0) is 14.5. The normalized spacial score (nSPS) is 11.9. The average molecular weight is 290 g/mol. The van der Waals surface area contributed by atoms with E-state index in [1.807, 2.05) is 31.4 Å². The van der Waals surface area contributed by atoms with Gasteiger partial charge in [0.15, 0.2) is 0 Å². The minimum absolute atomic E-state index is 0.0948. The van der Waals surface area contributed by atoms with Gasteiger partial charge < -0.3 is 10.1 Å². The van der Waals surface area contributed by atoms with Gasteiger partial charge in [0.05, 0.1) is 28.9 Å². The fraction of sp³-hybridized carbons (Fsp3) is 0.333. The summed E-state index contributed by atoms with van der Waals surface area (Å²) in [6, 6.07) is 7.41. The summed E-state index contributed by atoms with van der Waals surface area (Å²) in [6.45, 7) is 6.21. The molecule has 0 radical (unpaired) electrons. The number of nitrogens with zero attached hydrogens (tertiary/aromatic N) is 1. The molecule has 1 unspecified atom stereocenters. The number of carbonyl (C=O) groups excluding carboxylic acids is 1. The van der Waals surface area contributed by atoms with E-state index in [0.717, 1.165) is 16.4 Å². The van der Waals surface area contributed by atoms with Crippen molar-refractivity contribution in [1.29, 1.82) is 0 Å². The van der Waals surface area contributed by atoms with E-state index in [2.05, 4.69) is 10.3 Å². The van der Waals surface area contributed by atoms with Gasteiger partial charge in [0.2, 0.25) is 0 Å². The minimum Gasteiger partial charge on any atom is -0.462 e. The first-order valence-corrected chi connectivity index (χ1v) is 7.44. The number of carbonyl (C=O) groups is 1. The fourth-order valence-electron chi connectivity index (χ4n) is 1.85. The average Bonchev–Trinajstić information content (AvgIpc) is 2.86. The molecule has 1 atom stereocenters. The lowest BCUT2D eigenvalue weighted by atomic mass is 10.2. The smallest absolute Gasteiger partial charge is 0.338 e. The van der Waals surface area contributed by atoms with Crippen LogP contribution < -0.4 is 5.32 Å². The predicted molar refractivity (Wildman–Crippen MR) is 81.3 cm³/mol. The number of aromatic nitrogens is 1. The van der Waals surface area contributed by atoms with Crippen LogP contribution in [0.1, 0.15) is 40.9 Å². The van der Waals surface area contributed by atoms with Gasteiger partial charge in [0.25, 0.3) is 0 Å². The molecule has 0 amide bonds. The molecule has 0 aliphatic carbocycles. The van der Waals surface area contributed by atoms with Gasteiger partial charge >= 0.3 is 5.97 Å². The maximum absolute atomic E-state index is 11.7. The van der Waals surface area contributed by atoms with Crippen LogP contribution >= 0.6 is 11.3 Å². The van der Waals surface area contributed by atoms with E-state index in [1.54, 1.807) is 30.4 Å². The van der Waals surface area contributed by atoms with E-state index >= 15 is 0 Å². The van der Waals surface area contributed by atoms with Crippen molar-refractivity contribution >= 4 is 23.0 Å². The minimum atomic E-state index is -0.298. The summed E-state index contributed by atoms with van der Waals surface area (Å²) >= 11 is 1.63. The Labute approximate surface area is 122 Å². The predicted octanol–water partition coefficient (Wildman–Crippen LogP) is 3.80. The number of benzene rings is 1. The van der Waals surface area contributed by atoms with Crippen molar-refractivity contribution in [3.63, 3.8) is 0 Å². The molecule has 0 aliphatic rings. The summed E-state index contributed by atoms with van der Waals surface area (Å²) in [5, 5.41) is 6.44. The van der Waals surface area contributed by atoms with E-state index in [-0.39, 0.29) is 12.0 Å².